The molecule has 0 aliphatic rings. The molecule has 8 nitrogen and oxygen atoms in total. The molecule has 0 fully saturated rings. The number of aliphatic carboxylic acids is 1. The number of nitrogens with one attached hydrogen (secondary N) is 1. The molecule has 0 spiro atoms. The number of hydrogen-bond donors (Lipinski definition) is 2. The van der Waals surface area contributed by atoms with Gasteiger partial charge in [0.15, 0.2) is 0 Å². The minimum absolute atomic E-state index is 0.121. The van der Waals surface area contributed by atoms with Crippen molar-refractivity contribution in [1.82, 2.24) is 0 Å². The molecule has 35 heavy (non-hydrogen) atoms. The number of aryl methyl sites for hydroxylation is 1. The van der Waals surface area contributed by atoms with E-state index in [1.165, 1.54) is 0 Å². The lowest BCUT2D eigenvalue weighted by molar-refractivity contribution is -0.136. The quantitative estimate of drug-likeness (QED) is 0.374. The molecule has 186 valence electrons. The Morgan fingerprint density at radius 2 is 1.57 bits per heavy atom. The number of sulfonamides is 1. The maximum absolute atomic E-state index is 13.1. The summed E-state index contributed by atoms with van der Waals surface area (Å²) in [5.41, 5.74) is 3.01. The van der Waals surface area contributed by atoms with E-state index in [4.69, 9.17) is 19.3 Å². The maximum Gasteiger partial charge on any atom is 0.307 e. The number of carboxylic acid groups (broad SMARTS) is 1. The summed E-state index contributed by atoms with van der Waals surface area (Å²) in [6.45, 7) is 5.78. The predicted octanol–water partition coefficient (Wildman–Crippen LogP) is 4.51. The number of carbonyl (C=O) groups is 1. The molecule has 0 aromatic heterocycles. The van der Waals surface area contributed by atoms with Gasteiger partial charge >= 0.3 is 5.97 Å². The van der Waals surface area contributed by atoms with E-state index in [0.29, 0.717) is 39.6 Å². The SMILES string of the molecule is COc1cc(C)c(S(=O)(=O)Nc2ccc(OCCOc3ccccc3CC(=O)O)cc2)c(C)c1C. The van der Waals surface area contributed by atoms with Crippen LogP contribution in [0.4, 0.5) is 5.69 Å². The van der Waals surface area contributed by atoms with Gasteiger partial charge in [-0.2, -0.15) is 0 Å². The summed E-state index contributed by atoms with van der Waals surface area (Å²) >= 11 is 0. The molecule has 0 unspecified atom stereocenters. The molecule has 3 aromatic rings. The van der Waals surface area contributed by atoms with Crippen molar-refractivity contribution in [3.8, 4) is 17.2 Å². The van der Waals surface area contributed by atoms with Gasteiger partial charge in [-0.1, -0.05) is 18.2 Å². The number of hydrogen-bond acceptors (Lipinski definition) is 6. The second-order valence-corrected chi connectivity index (χ2v) is 9.60. The van der Waals surface area contributed by atoms with Crippen LogP contribution >= 0.6 is 0 Å². The molecule has 3 aromatic carbocycles. The fourth-order valence-electron chi connectivity index (χ4n) is 3.74. The second kappa shape index (κ2) is 11.1. The summed E-state index contributed by atoms with van der Waals surface area (Å²) in [6.07, 6.45) is -0.121. The fourth-order valence-corrected chi connectivity index (χ4v) is 5.32. The summed E-state index contributed by atoms with van der Waals surface area (Å²) in [5, 5.41) is 9.00. The van der Waals surface area contributed by atoms with E-state index in [2.05, 4.69) is 4.72 Å². The summed E-state index contributed by atoms with van der Waals surface area (Å²) in [6, 6.07) is 15.2. The van der Waals surface area contributed by atoms with Gasteiger partial charge in [0, 0.05) is 11.3 Å². The maximum atomic E-state index is 13.1. The molecule has 0 amide bonds. The predicted molar refractivity (Wildman–Crippen MR) is 133 cm³/mol. The molecule has 0 saturated carbocycles. The monoisotopic (exact) mass is 499 g/mol. The average molecular weight is 500 g/mol. The molecule has 0 atom stereocenters. The highest BCUT2D eigenvalue weighted by Gasteiger charge is 2.23. The third kappa shape index (κ3) is 6.45. The van der Waals surface area contributed by atoms with E-state index >= 15 is 0 Å². The lowest BCUT2D eigenvalue weighted by Gasteiger charge is -2.17. The number of carboxylic acids is 1. The number of rotatable bonds is 11. The van der Waals surface area contributed by atoms with Crippen LogP contribution in [0.15, 0.2) is 59.5 Å². The molecule has 0 heterocycles. The summed E-state index contributed by atoms with van der Waals surface area (Å²) in [5.74, 6) is 0.765. The molecule has 0 bridgehead atoms. The van der Waals surface area contributed by atoms with Crippen molar-refractivity contribution < 1.29 is 32.5 Å². The first-order valence-corrected chi connectivity index (χ1v) is 12.4. The van der Waals surface area contributed by atoms with E-state index in [-0.39, 0.29) is 24.5 Å². The van der Waals surface area contributed by atoms with E-state index in [0.717, 1.165) is 5.56 Å². The van der Waals surface area contributed by atoms with Crippen LogP contribution in [-0.4, -0.2) is 39.8 Å². The Bertz CT molecular complexity index is 1300. The summed E-state index contributed by atoms with van der Waals surface area (Å²) in [4.78, 5) is 11.2. The fraction of sp³-hybridized carbons (Fsp3) is 0.269. The zero-order valence-electron chi connectivity index (χ0n) is 20.1. The zero-order valence-corrected chi connectivity index (χ0v) is 20.9. The van der Waals surface area contributed by atoms with Crippen molar-refractivity contribution in [2.24, 2.45) is 0 Å². The van der Waals surface area contributed by atoms with Gasteiger partial charge in [-0.3, -0.25) is 9.52 Å². The third-order valence-electron chi connectivity index (χ3n) is 5.50. The Kier molecular flexibility index (Phi) is 8.24. The molecule has 0 aliphatic heterocycles. The number of benzene rings is 3. The van der Waals surface area contributed by atoms with Gasteiger partial charge in [-0.25, -0.2) is 8.42 Å². The molecule has 0 aliphatic carbocycles. The van der Waals surface area contributed by atoms with Crippen LogP contribution in [0.25, 0.3) is 0 Å². The standard InChI is InChI=1S/C26H29NO7S/c1-17-15-24(32-4)18(2)19(3)26(17)35(30,31)27-21-9-11-22(12-10-21)33-13-14-34-23-8-6-5-7-20(23)16-25(28)29/h5-12,15,27H,13-14,16H2,1-4H3,(H,28,29). The topological polar surface area (TPSA) is 111 Å². The van der Waals surface area contributed by atoms with Crippen LogP contribution < -0.4 is 18.9 Å². The van der Waals surface area contributed by atoms with E-state index < -0.39 is 16.0 Å². The number of methoxy groups -OCH3 is 1. The Labute approximate surface area is 205 Å². The highest BCUT2D eigenvalue weighted by atomic mass is 32.2. The first kappa shape index (κ1) is 25.9. The first-order chi connectivity index (χ1) is 16.6. The summed E-state index contributed by atoms with van der Waals surface area (Å²) < 4.78 is 45.4. The van der Waals surface area contributed by atoms with Crippen molar-refractivity contribution in [2.45, 2.75) is 32.1 Å². The Morgan fingerprint density at radius 1 is 0.914 bits per heavy atom. The number of anilines is 1. The number of ether oxygens (including phenoxy) is 3. The lowest BCUT2D eigenvalue weighted by Crippen LogP contribution is -2.16. The van der Waals surface area contributed by atoms with Crippen LogP contribution in [0.5, 0.6) is 17.2 Å². The van der Waals surface area contributed by atoms with Crippen LogP contribution in [0, 0.1) is 20.8 Å². The van der Waals surface area contributed by atoms with E-state index in [1.807, 2.05) is 6.92 Å². The van der Waals surface area contributed by atoms with Gasteiger partial charge in [0.25, 0.3) is 10.0 Å². The highest BCUT2D eigenvalue weighted by Crippen LogP contribution is 2.31. The molecular weight excluding hydrogens is 470 g/mol. The molecular formula is C26H29NO7S. The molecule has 0 radical (unpaired) electrons. The number of para-hydroxylation sites is 1. The minimum atomic E-state index is -3.81. The normalized spacial score (nSPS) is 11.1. The molecule has 9 heteroatoms. The van der Waals surface area contributed by atoms with Crippen LogP contribution in [0.2, 0.25) is 0 Å². The van der Waals surface area contributed by atoms with Gasteiger partial charge in [-0.15, -0.1) is 0 Å². The van der Waals surface area contributed by atoms with Crippen molar-refractivity contribution in [3.63, 3.8) is 0 Å². The average Bonchev–Trinajstić information content (AvgIpc) is 2.80. The molecule has 0 saturated heterocycles. The van der Waals surface area contributed by atoms with Gasteiger partial charge < -0.3 is 19.3 Å². The Hall–Kier alpha value is -3.72. The van der Waals surface area contributed by atoms with Crippen LogP contribution in [-0.2, 0) is 21.2 Å². The third-order valence-corrected chi connectivity index (χ3v) is 7.17. The van der Waals surface area contributed by atoms with Gasteiger partial charge in [-0.05, 0) is 73.9 Å². The van der Waals surface area contributed by atoms with Crippen molar-refractivity contribution in [1.29, 1.82) is 0 Å². The van der Waals surface area contributed by atoms with Crippen molar-refractivity contribution in [3.05, 3.63) is 76.9 Å². The van der Waals surface area contributed by atoms with Gasteiger partial charge in [0.1, 0.15) is 30.5 Å². The summed E-state index contributed by atoms with van der Waals surface area (Å²) in [7, 11) is -2.25. The Morgan fingerprint density at radius 3 is 2.23 bits per heavy atom. The first-order valence-electron chi connectivity index (χ1n) is 11.0. The minimum Gasteiger partial charge on any atom is -0.496 e. The zero-order chi connectivity index (χ0) is 25.6. The largest absolute Gasteiger partial charge is 0.496 e. The van der Waals surface area contributed by atoms with Crippen LogP contribution in [0.1, 0.15) is 22.3 Å². The van der Waals surface area contributed by atoms with Crippen LogP contribution in [0.3, 0.4) is 0 Å². The van der Waals surface area contributed by atoms with Crippen molar-refractivity contribution >= 4 is 21.7 Å². The van der Waals surface area contributed by atoms with E-state index in [1.54, 1.807) is 75.6 Å². The van der Waals surface area contributed by atoms with Gasteiger partial charge in [0.05, 0.1) is 18.4 Å². The highest BCUT2D eigenvalue weighted by molar-refractivity contribution is 7.92. The van der Waals surface area contributed by atoms with Gasteiger partial charge in [0.2, 0.25) is 0 Å². The van der Waals surface area contributed by atoms with E-state index in [9.17, 15) is 13.2 Å². The van der Waals surface area contributed by atoms with Crippen molar-refractivity contribution in [2.75, 3.05) is 25.0 Å². The second-order valence-electron chi connectivity index (χ2n) is 7.98. The lowest BCUT2D eigenvalue weighted by atomic mass is 10.1. The smallest absolute Gasteiger partial charge is 0.307 e. The molecule has 3 rings (SSSR count). The Balaban J connectivity index is 1.60. The molecule has 2 N–H and O–H groups in total.